The van der Waals surface area contributed by atoms with Crippen molar-refractivity contribution in [2.24, 2.45) is 0 Å². The first-order valence-electron chi connectivity index (χ1n) is 9.53. The number of hydrogen-bond acceptors (Lipinski definition) is 4. The van der Waals surface area contributed by atoms with Crippen molar-refractivity contribution in [3.8, 4) is 5.75 Å². The van der Waals surface area contributed by atoms with Crippen LogP contribution in [0, 0.1) is 0 Å². The lowest BCUT2D eigenvalue weighted by Gasteiger charge is -2.16. The lowest BCUT2D eigenvalue weighted by molar-refractivity contribution is -0.139. The average Bonchev–Trinajstić information content (AvgIpc) is 2.76. The molecular formula is C23H17Cl3N2O5. The van der Waals surface area contributed by atoms with E-state index >= 15 is 0 Å². The van der Waals surface area contributed by atoms with E-state index in [1.807, 2.05) is 0 Å². The van der Waals surface area contributed by atoms with E-state index in [1.165, 1.54) is 36.4 Å². The summed E-state index contributed by atoms with van der Waals surface area (Å²) in [4.78, 5) is 36.6. The molecule has 1 atom stereocenters. The maximum Gasteiger partial charge on any atom is 0.326 e. The minimum Gasteiger partial charge on any atom is -0.507 e. The topological polar surface area (TPSA) is 116 Å². The Kier molecular flexibility index (Phi) is 7.81. The summed E-state index contributed by atoms with van der Waals surface area (Å²) in [5.74, 6) is -2.75. The molecule has 0 spiro atoms. The van der Waals surface area contributed by atoms with E-state index < -0.39 is 23.8 Å². The van der Waals surface area contributed by atoms with Crippen molar-refractivity contribution in [3.63, 3.8) is 0 Å². The molecule has 1 unspecified atom stereocenters. The first-order valence-corrected chi connectivity index (χ1v) is 10.7. The third-order valence-corrected chi connectivity index (χ3v) is 5.80. The molecule has 0 heterocycles. The molecule has 0 radical (unpaired) electrons. The maximum atomic E-state index is 12.5. The third kappa shape index (κ3) is 5.96. The van der Waals surface area contributed by atoms with Gasteiger partial charge in [0.1, 0.15) is 17.4 Å². The second-order valence-electron chi connectivity index (χ2n) is 6.95. The first kappa shape index (κ1) is 24.4. The highest BCUT2D eigenvalue weighted by molar-refractivity contribution is 6.43. The van der Waals surface area contributed by atoms with Gasteiger partial charge in [-0.2, -0.15) is 0 Å². The first-order chi connectivity index (χ1) is 15.7. The molecule has 3 aromatic rings. The highest BCUT2D eigenvalue weighted by Gasteiger charge is 2.23. The molecule has 0 aliphatic carbocycles. The molecule has 0 aromatic heterocycles. The summed E-state index contributed by atoms with van der Waals surface area (Å²) < 4.78 is 0. The van der Waals surface area contributed by atoms with Gasteiger partial charge in [0.25, 0.3) is 11.8 Å². The van der Waals surface area contributed by atoms with Crippen molar-refractivity contribution < 1.29 is 24.6 Å². The van der Waals surface area contributed by atoms with Crippen LogP contribution in [0.4, 0.5) is 5.69 Å². The Morgan fingerprint density at radius 3 is 2.12 bits per heavy atom. The number of rotatable bonds is 7. The predicted octanol–water partition coefficient (Wildman–Crippen LogP) is 5.03. The Morgan fingerprint density at radius 2 is 1.48 bits per heavy atom. The zero-order chi connectivity index (χ0) is 24.1. The van der Waals surface area contributed by atoms with Crippen LogP contribution in [-0.4, -0.2) is 34.0 Å². The largest absolute Gasteiger partial charge is 0.507 e. The number of carbonyl (C=O) groups excluding carboxylic acids is 2. The monoisotopic (exact) mass is 506 g/mol. The maximum absolute atomic E-state index is 12.5. The van der Waals surface area contributed by atoms with Crippen LogP contribution in [-0.2, 0) is 11.2 Å². The Bertz CT molecular complexity index is 1190. The number of carboxylic acid groups (broad SMARTS) is 1. The van der Waals surface area contributed by atoms with Gasteiger partial charge in [-0.15, -0.1) is 0 Å². The van der Waals surface area contributed by atoms with Crippen molar-refractivity contribution >= 4 is 58.3 Å². The fourth-order valence-electron chi connectivity index (χ4n) is 3.01. The molecule has 0 fully saturated rings. The van der Waals surface area contributed by atoms with Crippen LogP contribution in [0.3, 0.4) is 0 Å². The molecule has 33 heavy (non-hydrogen) atoms. The number of anilines is 1. The number of aliphatic carboxylic acids is 1. The lowest BCUT2D eigenvalue weighted by Crippen LogP contribution is -2.42. The van der Waals surface area contributed by atoms with Gasteiger partial charge in [-0.1, -0.05) is 59.1 Å². The summed E-state index contributed by atoms with van der Waals surface area (Å²) in [5.41, 5.74) is 1.01. The number of halogens is 3. The number of nitrogens with one attached hydrogen (secondary N) is 2. The molecule has 4 N–H and O–H groups in total. The van der Waals surface area contributed by atoms with Gasteiger partial charge in [0, 0.05) is 12.1 Å². The van der Waals surface area contributed by atoms with Crippen LogP contribution < -0.4 is 10.6 Å². The number of benzene rings is 3. The van der Waals surface area contributed by atoms with Gasteiger partial charge in [-0.05, 0) is 42.0 Å². The molecule has 0 saturated carbocycles. The standard InChI is InChI=1S/C23H17Cl3N2O5/c24-15-4-2-6-18(29)19(15)22(31)27-13-9-7-12(8-10-13)11-17(23(32)33)28-21(30)14-3-1-5-16(25)20(14)26/h1-10,17,29H,11H2,(H,27,31)(H,28,30)(H,32,33). The van der Waals surface area contributed by atoms with Gasteiger partial charge in [-0.25, -0.2) is 4.79 Å². The fraction of sp³-hybridized carbons (Fsp3) is 0.0870. The number of phenolic OH excluding ortho intramolecular Hbond substituents is 1. The number of aromatic hydroxyl groups is 1. The molecule has 3 rings (SSSR count). The van der Waals surface area contributed by atoms with Gasteiger partial charge in [0.2, 0.25) is 0 Å². The van der Waals surface area contributed by atoms with E-state index in [9.17, 15) is 24.6 Å². The second-order valence-corrected chi connectivity index (χ2v) is 8.15. The lowest BCUT2D eigenvalue weighted by atomic mass is 10.0. The molecule has 0 aliphatic rings. The molecule has 3 aromatic carbocycles. The van der Waals surface area contributed by atoms with Gasteiger partial charge in [-0.3, -0.25) is 9.59 Å². The quantitative estimate of drug-likeness (QED) is 0.358. The highest BCUT2D eigenvalue weighted by atomic mass is 35.5. The number of carboxylic acids is 1. The van der Waals surface area contributed by atoms with Gasteiger partial charge in [0.15, 0.2) is 0 Å². The minimum atomic E-state index is -1.23. The Balaban J connectivity index is 1.69. The van der Waals surface area contributed by atoms with Crippen LogP contribution in [0.1, 0.15) is 26.3 Å². The van der Waals surface area contributed by atoms with Gasteiger partial charge < -0.3 is 20.8 Å². The van der Waals surface area contributed by atoms with Crippen molar-refractivity contribution in [3.05, 3.63) is 92.4 Å². The summed E-state index contributed by atoms with van der Waals surface area (Å²) in [6, 6.07) is 14.0. The van der Waals surface area contributed by atoms with E-state index in [0.29, 0.717) is 11.3 Å². The number of amides is 2. The molecule has 0 saturated heterocycles. The average molecular weight is 508 g/mol. The van der Waals surface area contributed by atoms with Crippen molar-refractivity contribution in [1.82, 2.24) is 5.32 Å². The molecule has 10 heteroatoms. The molecule has 0 bridgehead atoms. The molecule has 2 amide bonds. The summed E-state index contributed by atoms with van der Waals surface area (Å²) in [6.07, 6.45) is -0.0151. The van der Waals surface area contributed by atoms with E-state index in [-0.39, 0.29) is 38.4 Å². The SMILES string of the molecule is O=C(NC(Cc1ccc(NC(=O)c2c(O)cccc2Cl)cc1)C(=O)O)c1cccc(Cl)c1Cl. The normalized spacial score (nSPS) is 11.5. The van der Waals surface area contributed by atoms with Crippen LogP contribution in [0.2, 0.25) is 15.1 Å². The summed E-state index contributed by atoms with van der Waals surface area (Å²) in [6.45, 7) is 0. The minimum absolute atomic E-state index is 0.0151. The zero-order valence-corrected chi connectivity index (χ0v) is 19.1. The Morgan fingerprint density at radius 1 is 0.848 bits per heavy atom. The zero-order valence-electron chi connectivity index (χ0n) is 16.8. The fourth-order valence-corrected chi connectivity index (χ4v) is 3.65. The van der Waals surface area contributed by atoms with E-state index in [0.717, 1.165) is 0 Å². The van der Waals surface area contributed by atoms with Gasteiger partial charge in [0.05, 0.1) is 20.6 Å². The molecule has 7 nitrogen and oxygen atoms in total. The van der Waals surface area contributed by atoms with E-state index in [4.69, 9.17) is 34.8 Å². The van der Waals surface area contributed by atoms with Crippen LogP contribution in [0.5, 0.6) is 5.75 Å². The summed E-state index contributed by atoms with van der Waals surface area (Å²) in [5, 5.41) is 24.8. The number of carbonyl (C=O) groups is 3. The van der Waals surface area contributed by atoms with Crippen molar-refractivity contribution in [2.45, 2.75) is 12.5 Å². The second kappa shape index (κ2) is 10.6. The highest BCUT2D eigenvalue weighted by Crippen LogP contribution is 2.27. The van der Waals surface area contributed by atoms with Crippen LogP contribution >= 0.6 is 34.8 Å². The van der Waals surface area contributed by atoms with Crippen molar-refractivity contribution in [2.75, 3.05) is 5.32 Å². The molecule has 170 valence electrons. The number of phenols is 1. The van der Waals surface area contributed by atoms with E-state index in [1.54, 1.807) is 24.3 Å². The Labute approximate surface area is 203 Å². The molecule has 0 aliphatic heterocycles. The Hall–Kier alpha value is -3.26. The molecular weight excluding hydrogens is 491 g/mol. The summed E-state index contributed by atoms with van der Waals surface area (Å²) in [7, 11) is 0. The van der Waals surface area contributed by atoms with Crippen molar-refractivity contribution in [1.29, 1.82) is 0 Å². The number of hydrogen-bond donors (Lipinski definition) is 4. The van der Waals surface area contributed by atoms with E-state index in [2.05, 4.69) is 10.6 Å². The van der Waals surface area contributed by atoms with Crippen LogP contribution in [0.15, 0.2) is 60.7 Å². The van der Waals surface area contributed by atoms with Crippen LogP contribution in [0.25, 0.3) is 0 Å². The summed E-state index contributed by atoms with van der Waals surface area (Å²) >= 11 is 17.9. The van der Waals surface area contributed by atoms with Gasteiger partial charge >= 0.3 is 5.97 Å². The smallest absolute Gasteiger partial charge is 0.326 e. The predicted molar refractivity (Wildman–Crippen MR) is 127 cm³/mol. The third-order valence-electron chi connectivity index (χ3n) is 4.67.